The quantitative estimate of drug-likeness (QED) is 0.604. The van der Waals surface area contributed by atoms with E-state index in [1.54, 1.807) is 0 Å². The molecule has 0 bridgehead atoms. The van der Waals surface area contributed by atoms with E-state index in [2.05, 4.69) is 17.4 Å². The first kappa shape index (κ1) is 13.5. The highest BCUT2D eigenvalue weighted by Gasteiger charge is 2.36. The van der Waals surface area contributed by atoms with Gasteiger partial charge in [0.15, 0.2) is 0 Å². The van der Waals surface area contributed by atoms with Crippen LogP contribution in [0.3, 0.4) is 0 Å². The highest BCUT2D eigenvalue weighted by atomic mass is 16.3. The molecule has 4 heteroatoms. The fraction of sp³-hybridized carbons (Fsp3) is 0.571. The van der Waals surface area contributed by atoms with Gasteiger partial charge in [-0.25, -0.2) is 0 Å². The Morgan fingerprint density at radius 1 is 1.17 bits per heavy atom. The number of aryl methyl sites for hydroxylation is 1. The number of benzene rings is 1. The molecule has 2 rings (SSSR count). The lowest BCUT2D eigenvalue weighted by Gasteiger charge is -2.38. The van der Waals surface area contributed by atoms with Gasteiger partial charge in [-0.3, -0.25) is 0 Å². The molecule has 100 valence electrons. The normalized spacial score (nSPS) is 32.4. The molecule has 1 saturated heterocycles. The van der Waals surface area contributed by atoms with Gasteiger partial charge in [-0.2, -0.15) is 0 Å². The Morgan fingerprint density at radius 2 is 1.89 bits per heavy atom. The van der Waals surface area contributed by atoms with Crippen LogP contribution in [0.25, 0.3) is 0 Å². The van der Waals surface area contributed by atoms with Gasteiger partial charge in [0, 0.05) is 25.1 Å². The second kappa shape index (κ2) is 6.29. The maximum atomic E-state index is 9.86. The van der Waals surface area contributed by atoms with E-state index in [4.69, 9.17) is 0 Å². The predicted octanol–water partition coefficient (Wildman–Crippen LogP) is -0.0787. The summed E-state index contributed by atoms with van der Waals surface area (Å²) in [5, 5.41) is 31.9. The van der Waals surface area contributed by atoms with E-state index in [-0.39, 0.29) is 18.6 Å². The molecule has 1 heterocycles. The summed E-state index contributed by atoms with van der Waals surface area (Å²) >= 11 is 0. The molecule has 0 saturated carbocycles. The lowest BCUT2D eigenvalue weighted by molar-refractivity contribution is -0.0676. The Hall–Kier alpha value is -0.940. The minimum Gasteiger partial charge on any atom is -0.396 e. The summed E-state index contributed by atoms with van der Waals surface area (Å²) in [6.07, 6.45) is 0.128. The number of aliphatic hydroxyl groups excluding tert-OH is 3. The van der Waals surface area contributed by atoms with Gasteiger partial charge >= 0.3 is 0 Å². The van der Waals surface area contributed by atoms with Crippen molar-refractivity contribution in [1.82, 2.24) is 5.32 Å². The predicted molar refractivity (Wildman–Crippen MR) is 69.1 cm³/mol. The molecule has 0 unspecified atom stereocenters. The van der Waals surface area contributed by atoms with Crippen molar-refractivity contribution in [2.75, 3.05) is 13.2 Å². The number of nitrogens with one attached hydrogen (secondary N) is 1. The van der Waals surface area contributed by atoms with Gasteiger partial charge in [-0.05, 0) is 18.4 Å². The molecule has 1 aliphatic heterocycles. The molecule has 1 fully saturated rings. The van der Waals surface area contributed by atoms with E-state index in [1.807, 2.05) is 18.2 Å². The summed E-state index contributed by atoms with van der Waals surface area (Å²) in [6.45, 7) is 0.280. The SMILES string of the molecule is OC[C@@H]1[C@H](O)[C@H](O)CN[C@@H]1CCc1ccccc1. The van der Waals surface area contributed by atoms with E-state index in [1.165, 1.54) is 5.56 Å². The van der Waals surface area contributed by atoms with Crippen molar-refractivity contribution in [3.63, 3.8) is 0 Å². The van der Waals surface area contributed by atoms with Gasteiger partial charge < -0.3 is 20.6 Å². The van der Waals surface area contributed by atoms with Crippen LogP contribution in [-0.4, -0.2) is 46.7 Å². The first-order chi connectivity index (χ1) is 8.72. The maximum absolute atomic E-state index is 9.86. The van der Waals surface area contributed by atoms with Crippen molar-refractivity contribution in [3.05, 3.63) is 35.9 Å². The Labute approximate surface area is 107 Å². The van der Waals surface area contributed by atoms with Crippen LogP contribution in [0.2, 0.25) is 0 Å². The van der Waals surface area contributed by atoms with Crippen LogP contribution in [0, 0.1) is 5.92 Å². The average Bonchev–Trinajstić information content (AvgIpc) is 2.41. The molecular formula is C14H21NO3. The van der Waals surface area contributed by atoms with Crippen LogP contribution < -0.4 is 5.32 Å². The molecule has 0 amide bonds. The summed E-state index contributed by atoms with van der Waals surface area (Å²) in [7, 11) is 0. The monoisotopic (exact) mass is 251 g/mol. The molecule has 0 aliphatic carbocycles. The van der Waals surface area contributed by atoms with E-state index in [9.17, 15) is 15.3 Å². The highest BCUT2D eigenvalue weighted by molar-refractivity contribution is 5.15. The van der Waals surface area contributed by atoms with Crippen molar-refractivity contribution >= 4 is 0 Å². The van der Waals surface area contributed by atoms with E-state index >= 15 is 0 Å². The number of piperidine rings is 1. The van der Waals surface area contributed by atoms with Gasteiger partial charge in [-0.15, -0.1) is 0 Å². The molecule has 1 aliphatic rings. The Kier molecular flexibility index (Phi) is 4.72. The zero-order chi connectivity index (χ0) is 13.0. The summed E-state index contributed by atoms with van der Waals surface area (Å²) in [6, 6.07) is 10.2. The number of rotatable bonds is 4. The Balaban J connectivity index is 1.92. The summed E-state index contributed by atoms with van der Waals surface area (Å²) in [4.78, 5) is 0. The van der Waals surface area contributed by atoms with Gasteiger partial charge in [-0.1, -0.05) is 30.3 Å². The van der Waals surface area contributed by atoms with Gasteiger partial charge in [0.05, 0.1) is 12.2 Å². The van der Waals surface area contributed by atoms with Crippen molar-refractivity contribution in [2.24, 2.45) is 5.92 Å². The molecule has 0 radical (unpaired) electrons. The second-order valence-electron chi connectivity index (χ2n) is 4.94. The number of aliphatic hydroxyl groups is 3. The van der Waals surface area contributed by atoms with Gasteiger partial charge in [0.1, 0.15) is 0 Å². The van der Waals surface area contributed by atoms with Crippen molar-refractivity contribution < 1.29 is 15.3 Å². The maximum Gasteiger partial charge on any atom is 0.0927 e. The first-order valence-electron chi connectivity index (χ1n) is 6.46. The lowest BCUT2D eigenvalue weighted by Crippen LogP contribution is -2.57. The molecule has 4 nitrogen and oxygen atoms in total. The van der Waals surface area contributed by atoms with Crippen LogP contribution in [0.1, 0.15) is 12.0 Å². The molecule has 18 heavy (non-hydrogen) atoms. The van der Waals surface area contributed by atoms with E-state index < -0.39 is 12.2 Å². The molecular weight excluding hydrogens is 230 g/mol. The van der Waals surface area contributed by atoms with Crippen LogP contribution in [0.4, 0.5) is 0 Å². The number of hydrogen-bond donors (Lipinski definition) is 4. The molecule has 1 aromatic rings. The first-order valence-corrected chi connectivity index (χ1v) is 6.46. The van der Waals surface area contributed by atoms with Crippen LogP contribution in [-0.2, 0) is 6.42 Å². The van der Waals surface area contributed by atoms with Crippen LogP contribution >= 0.6 is 0 Å². The van der Waals surface area contributed by atoms with E-state index in [0.717, 1.165) is 12.8 Å². The average molecular weight is 251 g/mol. The van der Waals surface area contributed by atoms with Crippen molar-refractivity contribution in [3.8, 4) is 0 Å². The Bertz CT molecular complexity index is 357. The summed E-state index contributed by atoms with van der Waals surface area (Å²) < 4.78 is 0. The topological polar surface area (TPSA) is 72.7 Å². The molecule has 0 aromatic heterocycles. The van der Waals surface area contributed by atoms with Gasteiger partial charge in [0.2, 0.25) is 0 Å². The van der Waals surface area contributed by atoms with Crippen molar-refractivity contribution in [1.29, 1.82) is 0 Å². The van der Waals surface area contributed by atoms with Gasteiger partial charge in [0.25, 0.3) is 0 Å². The zero-order valence-electron chi connectivity index (χ0n) is 10.4. The molecule has 1 aromatic carbocycles. The summed E-state index contributed by atoms with van der Waals surface area (Å²) in [5.41, 5.74) is 1.25. The van der Waals surface area contributed by atoms with Crippen LogP contribution in [0.15, 0.2) is 30.3 Å². The Morgan fingerprint density at radius 3 is 2.56 bits per heavy atom. The third kappa shape index (κ3) is 3.09. The highest BCUT2D eigenvalue weighted by Crippen LogP contribution is 2.21. The molecule has 0 spiro atoms. The largest absolute Gasteiger partial charge is 0.396 e. The fourth-order valence-electron chi connectivity index (χ4n) is 2.59. The fourth-order valence-corrected chi connectivity index (χ4v) is 2.59. The van der Waals surface area contributed by atoms with Crippen LogP contribution in [0.5, 0.6) is 0 Å². The number of hydrogen-bond acceptors (Lipinski definition) is 4. The molecule has 4 N–H and O–H groups in total. The minimum atomic E-state index is -0.836. The summed E-state index contributed by atoms with van der Waals surface area (Å²) in [5.74, 6) is -0.294. The third-order valence-corrected chi connectivity index (χ3v) is 3.74. The standard InChI is InChI=1S/C14H21NO3/c16-9-11-12(15-8-13(17)14(11)18)7-6-10-4-2-1-3-5-10/h1-5,11-18H,6-9H2/t11-,12+,13+,14-/m0/s1. The van der Waals surface area contributed by atoms with E-state index in [0.29, 0.717) is 6.54 Å². The molecule has 4 atom stereocenters. The lowest BCUT2D eigenvalue weighted by atomic mass is 9.84. The second-order valence-corrected chi connectivity index (χ2v) is 4.94. The number of β-amino-alcohol motifs (C(OH)–C–C–N with tert-alkyl or cyclic N) is 1. The van der Waals surface area contributed by atoms with Crippen molar-refractivity contribution in [2.45, 2.75) is 31.1 Å². The minimum absolute atomic E-state index is 0.0496. The smallest absolute Gasteiger partial charge is 0.0927 e. The zero-order valence-corrected chi connectivity index (χ0v) is 10.4. The third-order valence-electron chi connectivity index (χ3n) is 3.74.